The van der Waals surface area contributed by atoms with E-state index in [1.807, 2.05) is 6.92 Å². The number of aromatic nitrogens is 2. The highest BCUT2D eigenvalue weighted by Crippen LogP contribution is 2.29. The summed E-state index contributed by atoms with van der Waals surface area (Å²) in [7, 11) is 0. The van der Waals surface area contributed by atoms with E-state index in [4.69, 9.17) is 15.5 Å². The minimum atomic E-state index is -0.116. The zero-order valence-electron chi connectivity index (χ0n) is 13.2. The number of anilines is 2. The summed E-state index contributed by atoms with van der Waals surface area (Å²) >= 11 is 0. The van der Waals surface area contributed by atoms with Crippen LogP contribution in [0.1, 0.15) is 51.9 Å². The normalized spacial score (nSPS) is 18.9. The maximum Gasteiger partial charge on any atom is 0.138 e. The highest BCUT2D eigenvalue weighted by atomic mass is 16.5. The molecule has 0 saturated carbocycles. The number of nitrogens with two attached hydrogens (primary N) is 1. The molecular weight excluding hydrogens is 252 g/mol. The van der Waals surface area contributed by atoms with Crippen molar-refractivity contribution in [3.05, 3.63) is 11.4 Å². The van der Waals surface area contributed by atoms with E-state index in [2.05, 4.69) is 38.0 Å². The van der Waals surface area contributed by atoms with Gasteiger partial charge in [-0.1, -0.05) is 20.8 Å². The molecule has 0 aromatic carbocycles. The van der Waals surface area contributed by atoms with Crippen LogP contribution in [0.4, 0.5) is 11.6 Å². The molecule has 1 aliphatic rings. The molecule has 5 heteroatoms. The molecule has 0 amide bonds. The lowest BCUT2D eigenvalue weighted by atomic mass is 9.92. The van der Waals surface area contributed by atoms with Gasteiger partial charge in [-0.15, -0.1) is 0 Å². The van der Waals surface area contributed by atoms with Gasteiger partial charge in [0.05, 0.1) is 0 Å². The number of nitrogens with zero attached hydrogens (tertiary/aromatic N) is 2. The predicted octanol–water partition coefficient (Wildman–Crippen LogP) is 2.65. The monoisotopic (exact) mass is 278 g/mol. The van der Waals surface area contributed by atoms with Gasteiger partial charge in [0.2, 0.25) is 0 Å². The highest BCUT2D eigenvalue weighted by molar-refractivity contribution is 5.56. The Morgan fingerprint density at radius 3 is 2.35 bits per heavy atom. The maximum atomic E-state index is 6.05. The third-order valence-corrected chi connectivity index (χ3v) is 3.87. The Kier molecular flexibility index (Phi) is 3.91. The van der Waals surface area contributed by atoms with Crippen molar-refractivity contribution in [2.75, 3.05) is 24.3 Å². The molecule has 1 saturated heterocycles. The van der Waals surface area contributed by atoms with Gasteiger partial charge in [0.15, 0.2) is 0 Å². The van der Waals surface area contributed by atoms with Crippen molar-refractivity contribution in [1.29, 1.82) is 0 Å². The van der Waals surface area contributed by atoms with Crippen molar-refractivity contribution in [3.8, 4) is 0 Å². The molecule has 2 heterocycles. The standard InChI is InChI=1S/C15H26N4O/c1-10-11(16)17-13(14(2,3)4)18-12(10)19-15(5)6-8-20-9-7-15/h6-9H2,1-5H3,(H3,16,17,18,19). The van der Waals surface area contributed by atoms with Gasteiger partial charge in [-0.25, -0.2) is 9.97 Å². The van der Waals surface area contributed by atoms with Gasteiger partial charge in [-0.05, 0) is 26.7 Å². The van der Waals surface area contributed by atoms with Crippen LogP contribution in [0.25, 0.3) is 0 Å². The first-order chi connectivity index (χ1) is 9.21. The van der Waals surface area contributed by atoms with Crippen molar-refractivity contribution in [2.24, 2.45) is 0 Å². The van der Waals surface area contributed by atoms with Crippen molar-refractivity contribution < 1.29 is 4.74 Å². The van der Waals surface area contributed by atoms with E-state index < -0.39 is 0 Å². The Morgan fingerprint density at radius 2 is 1.80 bits per heavy atom. The van der Waals surface area contributed by atoms with Crippen LogP contribution in [0.3, 0.4) is 0 Å². The second-order valence-corrected chi connectivity index (χ2v) is 6.95. The van der Waals surface area contributed by atoms with Crippen LogP contribution in [0, 0.1) is 6.92 Å². The number of hydrogen-bond donors (Lipinski definition) is 2. The average Bonchev–Trinajstić information content (AvgIpc) is 2.34. The first-order valence-electron chi connectivity index (χ1n) is 7.22. The Labute approximate surface area is 121 Å². The molecule has 1 fully saturated rings. The van der Waals surface area contributed by atoms with Crippen LogP contribution >= 0.6 is 0 Å². The topological polar surface area (TPSA) is 73.1 Å². The average molecular weight is 278 g/mol. The van der Waals surface area contributed by atoms with Gasteiger partial charge >= 0.3 is 0 Å². The van der Waals surface area contributed by atoms with Crippen molar-refractivity contribution in [1.82, 2.24) is 9.97 Å². The van der Waals surface area contributed by atoms with E-state index in [-0.39, 0.29) is 11.0 Å². The van der Waals surface area contributed by atoms with Crippen LogP contribution in [0.5, 0.6) is 0 Å². The lowest BCUT2D eigenvalue weighted by Crippen LogP contribution is -2.41. The number of hydrogen-bond acceptors (Lipinski definition) is 5. The van der Waals surface area contributed by atoms with Gasteiger partial charge in [0.1, 0.15) is 17.5 Å². The van der Waals surface area contributed by atoms with Gasteiger partial charge in [-0.3, -0.25) is 0 Å². The molecule has 0 radical (unpaired) electrons. The smallest absolute Gasteiger partial charge is 0.138 e. The van der Waals surface area contributed by atoms with Gasteiger partial charge in [0, 0.05) is 29.7 Å². The van der Waals surface area contributed by atoms with Crippen LogP contribution in [0.15, 0.2) is 0 Å². The highest BCUT2D eigenvalue weighted by Gasteiger charge is 2.29. The molecule has 3 N–H and O–H groups in total. The number of nitrogen functional groups attached to an aromatic ring is 1. The lowest BCUT2D eigenvalue weighted by molar-refractivity contribution is 0.0657. The molecule has 1 aromatic rings. The third kappa shape index (κ3) is 3.20. The largest absolute Gasteiger partial charge is 0.383 e. The SMILES string of the molecule is Cc1c(N)nc(C(C)(C)C)nc1NC1(C)CCOCC1. The fourth-order valence-electron chi connectivity index (χ4n) is 2.22. The molecule has 2 rings (SSSR count). The van der Waals surface area contributed by atoms with Crippen LogP contribution in [-0.4, -0.2) is 28.7 Å². The number of rotatable bonds is 2. The summed E-state index contributed by atoms with van der Waals surface area (Å²) < 4.78 is 5.44. The molecule has 0 aliphatic carbocycles. The molecule has 1 aromatic heterocycles. The number of nitrogens with one attached hydrogen (secondary N) is 1. The molecule has 0 bridgehead atoms. The van der Waals surface area contributed by atoms with E-state index in [0.717, 1.165) is 43.3 Å². The molecular formula is C15H26N4O. The van der Waals surface area contributed by atoms with Crippen LogP contribution in [0.2, 0.25) is 0 Å². The van der Waals surface area contributed by atoms with Gasteiger partial charge in [-0.2, -0.15) is 0 Å². The summed E-state index contributed by atoms with van der Waals surface area (Å²) in [4.78, 5) is 9.12. The van der Waals surface area contributed by atoms with E-state index in [9.17, 15) is 0 Å². The van der Waals surface area contributed by atoms with E-state index >= 15 is 0 Å². The Morgan fingerprint density at radius 1 is 1.20 bits per heavy atom. The Bertz CT molecular complexity index is 487. The van der Waals surface area contributed by atoms with Gasteiger partial charge in [0.25, 0.3) is 0 Å². The molecule has 0 spiro atoms. The quantitative estimate of drug-likeness (QED) is 0.870. The summed E-state index contributed by atoms with van der Waals surface area (Å²) in [5.41, 5.74) is 6.87. The summed E-state index contributed by atoms with van der Waals surface area (Å²) in [5, 5.41) is 3.57. The summed E-state index contributed by atoms with van der Waals surface area (Å²) in [6.45, 7) is 12.0. The lowest BCUT2D eigenvalue weighted by Gasteiger charge is -2.35. The van der Waals surface area contributed by atoms with Crippen molar-refractivity contribution >= 4 is 11.6 Å². The van der Waals surface area contributed by atoms with E-state index in [1.54, 1.807) is 0 Å². The first-order valence-corrected chi connectivity index (χ1v) is 7.22. The van der Waals surface area contributed by atoms with Crippen molar-refractivity contribution in [3.63, 3.8) is 0 Å². The predicted molar refractivity (Wildman–Crippen MR) is 82.0 cm³/mol. The van der Waals surface area contributed by atoms with Crippen molar-refractivity contribution in [2.45, 2.75) is 58.4 Å². The fraction of sp³-hybridized carbons (Fsp3) is 0.733. The fourth-order valence-corrected chi connectivity index (χ4v) is 2.22. The second kappa shape index (κ2) is 5.20. The maximum absolute atomic E-state index is 6.05. The van der Waals surface area contributed by atoms with E-state index in [0.29, 0.717) is 5.82 Å². The summed E-state index contributed by atoms with van der Waals surface area (Å²) in [6, 6.07) is 0. The molecule has 20 heavy (non-hydrogen) atoms. The minimum Gasteiger partial charge on any atom is -0.383 e. The molecule has 5 nitrogen and oxygen atoms in total. The second-order valence-electron chi connectivity index (χ2n) is 6.95. The van der Waals surface area contributed by atoms with E-state index in [1.165, 1.54) is 0 Å². The van der Waals surface area contributed by atoms with Gasteiger partial charge < -0.3 is 15.8 Å². The Hall–Kier alpha value is -1.36. The molecule has 112 valence electrons. The summed E-state index contributed by atoms with van der Waals surface area (Å²) in [5.74, 6) is 2.19. The molecule has 0 atom stereocenters. The molecule has 1 aliphatic heterocycles. The first kappa shape index (κ1) is 15.0. The zero-order valence-corrected chi connectivity index (χ0v) is 13.2. The number of ether oxygens (including phenoxy) is 1. The minimum absolute atomic E-state index is 0.0129. The van der Waals surface area contributed by atoms with Crippen LogP contribution < -0.4 is 11.1 Å². The Balaban J connectivity index is 2.33. The molecule has 0 unspecified atom stereocenters. The summed E-state index contributed by atoms with van der Waals surface area (Å²) in [6.07, 6.45) is 1.95. The van der Waals surface area contributed by atoms with Crippen LogP contribution in [-0.2, 0) is 10.2 Å². The zero-order chi connectivity index (χ0) is 15.0. The third-order valence-electron chi connectivity index (χ3n) is 3.87.